The highest BCUT2D eigenvalue weighted by Gasteiger charge is 2.38. The van der Waals surface area contributed by atoms with Gasteiger partial charge in [0.05, 0.1) is 11.2 Å². The number of aliphatic hydroxyl groups is 1. The fourth-order valence-electron chi connectivity index (χ4n) is 1.03. The lowest BCUT2D eigenvalue weighted by molar-refractivity contribution is -0.156. The fraction of sp³-hybridized carbons (Fsp3) is 1.00. The van der Waals surface area contributed by atoms with Gasteiger partial charge in [0.15, 0.2) is 0 Å². The molecule has 1 N–H and O–H groups in total. The van der Waals surface area contributed by atoms with Gasteiger partial charge >= 0.3 is 0 Å². The second-order valence-corrected chi connectivity index (χ2v) is 3.58. The monoisotopic (exact) mass is 160 g/mol. The van der Waals surface area contributed by atoms with Crippen LogP contribution in [0.4, 0.5) is 0 Å². The van der Waals surface area contributed by atoms with Crippen LogP contribution in [0.5, 0.6) is 0 Å². The zero-order chi connectivity index (χ0) is 9.12. The van der Waals surface area contributed by atoms with Crippen molar-refractivity contribution in [3.05, 3.63) is 0 Å². The number of hydrogen-bond acceptors (Lipinski definition) is 2. The number of hydrogen-bond donors (Lipinski definition) is 1. The third-order valence-electron chi connectivity index (χ3n) is 2.43. The second-order valence-electron chi connectivity index (χ2n) is 3.58. The van der Waals surface area contributed by atoms with Crippen LogP contribution in [-0.4, -0.2) is 22.9 Å². The molecule has 0 aromatic heterocycles. The van der Waals surface area contributed by atoms with Crippen molar-refractivity contribution in [3.63, 3.8) is 0 Å². The number of rotatable bonds is 4. The molecule has 0 aliphatic rings. The summed E-state index contributed by atoms with van der Waals surface area (Å²) in [4.78, 5) is 0. The summed E-state index contributed by atoms with van der Waals surface area (Å²) in [6, 6.07) is 0. The first-order valence-corrected chi connectivity index (χ1v) is 4.23. The molecule has 0 aliphatic carbocycles. The van der Waals surface area contributed by atoms with E-state index in [1.807, 2.05) is 20.8 Å². The summed E-state index contributed by atoms with van der Waals surface area (Å²) in [5, 5.41) is 9.74. The molecule has 0 bridgehead atoms. The molecular formula is C9H20O2. The second kappa shape index (κ2) is 3.55. The van der Waals surface area contributed by atoms with Crippen molar-refractivity contribution < 1.29 is 9.84 Å². The normalized spacial score (nSPS) is 18.0. The summed E-state index contributed by atoms with van der Waals surface area (Å²) in [7, 11) is 0. The minimum absolute atomic E-state index is 0.415. The Morgan fingerprint density at radius 2 is 1.64 bits per heavy atom. The van der Waals surface area contributed by atoms with Gasteiger partial charge in [-0.25, -0.2) is 0 Å². The highest BCUT2D eigenvalue weighted by atomic mass is 16.5. The molecule has 0 fully saturated rings. The largest absolute Gasteiger partial charge is 0.387 e. The van der Waals surface area contributed by atoms with E-state index in [2.05, 4.69) is 0 Å². The minimum Gasteiger partial charge on any atom is -0.387 e. The number of ether oxygens (including phenoxy) is 1. The SMILES string of the molecule is CCOC(C)(CC)C(C)(C)O. The van der Waals surface area contributed by atoms with Crippen molar-refractivity contribution in [1.29, 1.82) is 0 Å². The summed E-state index contributed by atoms with van der Waals surface area (Å²) in [6.45, 7) is 10.1. The third kappa shape index (κ3) is 2.46. The predicted molar refractivity (Wildman–Crippen MR) is 46.6 cm³/mol. The molecule has 1 unspecified atom stereocenters. The first-order chi connectivity index (χ1) is 4.87. The molecule has 0 heterocycles. The average molecular weight is 160 g/mol. The van der Waals surface area contributed by atoms with Crippen LogP contribution in [0.25, 0.3) is 0 Å². The van der Waals surface area contributed by atoms with E-state index in [0.717, 1.165) is 6.42 Å². The zero-order valence-electron chi connectivity index (χ0n) is 8.27. The summed E-state index contributed by atoms with van der Waals surface area (Å²) < 4.78 is 5.49. The first kappa shape index (κ1) is 10.9. The van der Waals surface area contributed by atoms with Gasteiger partial charge in [-0.1, -0.05) is 6.92 Å². The van der Waals surface area contributed by atoms with Crippen molar-refractivity contribution in [2.24, 2.45) is 0 Å². The standard InChI is InChI=1S/C9H20O2/c1-6-9(5,11-7-2)8(3,4)10/h10H,6-7H2,1-5H3. The van der Waals surface area contributed by atoms with Crippen molar-refractivity contribution in [2.75, 3.05) is 6.61 Å². The van der Waals surface area contributed by atoms with Crippen LogP contribution in [0.1, 0.15) is 41.0 Å². The summed E-state index contributed by atoms with van der Waals surface area (Å²) >= 11 is 0. The van der Waals surface area contributed by atoms with Gasteiger partial charge in [-0.05, 0) is 34.1 Å². The zero-order valence-corrected chi connectivity index (χ0v) is 8.27. The minimum atomic E-state index is -0.766. The van der Waals surface area contributed by atoms with Crippen molar-refractivity contribution in [3.8, 4) is 0 Å². The lowest BCUT2D eigenvalue weighted by atomic mass is 9.85. The van der Waals surface area contributed by atoms with Gasteiger partial charge in [-0.3, -0.25) is 0 Å². The average Bonchev–Trinajstić information content (AvgIpc) is 1.86. The van der Waals surface area contributed by atoms with Crippen LogP contribution < -0.4 is 0 Å². The molecule has 11 heavy (non-hydrogen) atoms. The maximum Gasteiger partial charge on any atom is 0.0931 e. The smallest absolute Gasteiger partial charge is 0.0931 e. The molecule has 2 nitrogen and oxygen atoms in total. The topological polar surface area (TPSA) is 29.5 Å². The van der Waals surface area contributed by atoms with Crippen LogP contribution in [0.15, 0.2) is 0 Å². The van der Waals surface area contributed by atoms with E-state index in [4.69, 9.17) is 4.74 Å². The lowest BCUT2D eigenvalue weighted by Gasteiger charge is -2.39. The van der Waals surface area contributed by atoms with E-state index in [0.29, 0.717) is 6.61 Å². The molecule has 0 aromatic rings. The molecule has 0 spiro atoms. The van der Waals surface area contributed by atoms with Crippen LogP contribution in [0, 0.1) is 0 Å². The summed E-state index contributed by atoms with van der Waals surface area (Å²) in [6.07, 6.45) is 0.824. The summed E-state index contributed by atoms with van der Waals surface area (Å²) in [5.41, 5.74) is -1.18. The van der Waals surface area contributed by atoms with Gasteiger partial charge < -0.3 is 9.84 Å². The van der Waals surface area contributed by atoms with Crippen molar-refractivity contribution in [1.82, 2.24) is 0 Å². The maximum atomic E-state index is 9.74. The van der Waals surface area contributed by atoms with Crippen LogP contribution >= 0.6 is 0 Å². The Morgan fingerprint density at radius 3 is 1.73 bits per heavy atom. The molecule has 2 heteroatoms. The van der Waals surface area contributed by atoms with E-state index >= 15 is 0 Å². The Balaban J connectivity index is 4.33. The van der Waals surface area contributed by atoms with Crippen LogP contribution in [-0.2, 0) is 4.74 Å². The Hall–Kier alpha value is -0.0800. The molecular weight excluding hydrogens is 140 g/mol. The van der Waals surface area contributed by atoms with Gasteiger partial charge in [0.25, 0.3) is 0 Å². The van der Waals surface area contributed by atoms with E-state index in [1.54, 1.807) is 13.8 Å². The van der Waals surface area contributed by atoms with Gasteiger partial charge in [-0.15, -0.1) is 0 Å². The molecule has 1 atom stereocenters. The molecule has 0 aromatic carbocycles. The Labute approximate surface area is 69.6 Å². The van der Waals surface area contributed by atoms with Gasteiger partial charge in [0, 0.05) is 6.61 Å². The van der Waals surface area contributed by atoms with Crippen molar-refractivity contribution >= 4 is 0 Å². The molecule has 0 radical (unpaired) electrons. The van der Waals surface area contributed by atoms with Crippen LogP contribution in [0.3, 0.4) is 0 Å². The predicted octanol–water partition coefficient (Wildman–Crippen LogP) is 1.96. The Kier molecular flexibility index (Phi) is 3.52. The molecule has 0 aliphatic heterocycles. The highest BCUT2D eigenvalue weighted by Crippen LogP contribution is 2.28. The van der Waals surface area contributed by atoms with E-state index < -0.39 is 11.2 Å². The molecule has 0 saturated carbocycles. The fourth-order valence-corrected chi connectivity index (χ4v) is 1.03. The molecule has 0 rings (SSSR count). The Bertz CT molecular complexity index is 115. The van der Waals surface area contributed by atoms with Gasteiger partial charge in [-0.2, -0.15) is 0 Å². The Morgan fingerprint density at radius 1 is 1.18 bits per heavy atom. The third-order valence-corrected chi connectivity index (χ3v) is 2.43. The van der Waals surface area contributed by atoms with E-state index in [-0.39, 0.29) is 0 Å². The molecule has 68 valence electrons. The first-order valence-electron chi connectivity index (χ1n) is 4.23. The van der Waals surface area contributed by atoms with Crippen molar-refractivity contribution in [2.45, 2.75) is 52.2 Å². The highest BCUT2D eigenvalue weighted by molar-refractivity contribution is 4.90. The van der Waals surface area contributed by atoms with Crippen LogP contribution in [0.2, 0.25) is 0 Å². The quantitative estimate of drug-likeness (QED) is 0.681. The maximum absolute atomic E-state index is 9.74. The lowest BCUT2D eigenvalue weighted by Crippen LogP contribution is -2.49. The van der Waals surface area contributed by atoms with Gasteiger partial charge in [0.2, 0.25) is 0 Å². The van der Waals surface area contributed by atoms with E-state index in [1.165, 1.54) is 0 Å². The van der Waals surface area contributed by atoms with Gasteiger partial charge in [0.1, 0.15) is 0 Å². The summed E-state index contributed by atoms with van der Waals surface area (Å²) in [5.74, 6) is 0. The molecule has 0 saturated heterocycles. The molecule has 0 amide bonds. The van der Waals surface area contributed by atoms with E-state index in [9.17, 15) is 5.11 Å².